The van der Waals surface area contributed by atoms with E-state index in [4.69, 9.17) is 16.3 Å². The van der Waals surface area contributed by atoms with Crippen LogP contribution in [-0.2, 0) is 11.2 Å². The molecule has 0 spiro atoms. The molecule has 1 aromatic carbocycles. The van der Waals surface area contributed by atoms with Crippen molar-refractivity contribution in [2.75, 3.05) is 4.61 Å². The highest BCUT2D eigenvalue weighted by Gasteiger charge is 2.00. The lowest BCUT2D eigenvalue weighted by Gasteiger charge is -2.03. The number of ether oxygens (including phenoxy) is 1. The molecule has 0 radical (unpaired) electrons. The van der Waals surface area contributed by atoms with Crippen LogP contribution in [0.5, 0.6) is 5.75 Å². The van der Waals surface area contributed by atoms with Crippen LogP contribution in [0, 0.1) is 0 Å². The van der Waals surface area contributed by atoms with Crippen LogP contribution in [0.25, 0.3) is 0 Å². The summed E-state index contributed by atoms with van der Waals surface area (Å²) in [6.45, 7) is 0. The Bertz CT molecular complexity index is 301. The summed E-state index contributed by atoms with van der Waals surface area (Å²) in [5.74, 6) is 0.768. The van der Waals surface area contributed by atoms with Crippen molar-refractivity contribution in [2.24, 2.45) is 0 Å². The number of carbonyl (C=O) groups excluding carboxylic acids is 1. The van der Waals surface area contributed by atoms with Crippen molar-refractivity contribution in [2.45, 2.75) is 6.42 Å². The second-order valence-corrected chi connectivity index (χ2v) is 3.48. The Hall–Kier alpha value is -0.290. The first kappa shape index (κ1) is 10.8. The summed E-state index contributed by atoms with van der Waals surface area (Å²) in [5, 5.41) is -0.355. The smallest absolute Gasteiger partial charge is 0.226 e. The molecule has 0 saturated carbocycles. The molecule has 0 aromatic heterocycles. The fraction of sp³-hybridized carbons (Fsp3) is 0.222. The third kappa shape index (κ3) is 3.95. The summed E-state index contributed by atoms with van der Waals surface area (Å²) in [6, 6.07) is 7.36. The van der Waals surface area contributed by atoms with E-state index in [-0.39, 0.29) is 11.7 Å². The van der Waals surface area contributed by atoms with Gasteiger partial charge in [-0.15, -0.1) is 0 Å². The second-order valence-electron chi connectivity index (χ2n) is 2.43. The van der Waals surface area contributed by atoms with Gasteiger partial charge in [0.1, 0.15) is 10.4 Å². The van der Waals surface area contributed by atoms with Crippen molar-refractivity contribution >= 4 is 39.4 Å². The largest absolute Gasteiger partial charge is 0.483 e. The first-order chi connectivity index (χ1) is 6.22. The normalized spacial score (nSPS) is 9.69. The fourth-order valence-corrected chi connectivity index (χ4v) is 1.48. The summed E-state index contributed by atoms with van der Waals surface area (Å²) in [4.78, 5) is 10.6. The van der Waals surface area contributed by atoms with E-state index in [1.54, 1.807) is 0 Å². The lowest BCUT2D eigenvalue weighted by atomic mass is 10.1. The molecule has 4 heteroatoms. The van der Waals surface area contributed by atoms with Crippen molar-refractivity contribution in [3.8, 4) is 5.75 Å². The summed E-state index contributed by atoms with van der Waals surface area (Å²) in [7, 11) is 0. The van der Waals surface area contributed by atoms with Gasteiger partial charge >= 0.3 is 0 Å². The highest BCUT2D eigenvalue weighted by atomic mass is 127. The predicted molar refractivity (Wildman–Crippen MR) is 60.5 cm³/mol. The maximum atomic E-state index is 10.6. The molecule has 0 bridgehead atoms. The molecule has 13 heavy (non-hydrogen) atoms. The monoisotopic (exact) mass is 310 g/mol. The molecule has 0 unspecified atom stereocenters. The SMILES string of the molecule is O=C(Cl)Cc1cccc(OCI)c1. The van der Waals surface area contributed by atoms with Crippen LogP contribution in [0.1, 0.15) is 5.56 Å². The van der Waals surface area contributed by atoms with Gasteiger partial charge in [0.05, 0.1) is 0 Å². The summed E-state index contributed by atoms with van der Waals surface area (Å²) in [5.41, 5.74) is 0.877. The Morgan fingerprint density at radius 2 is 2.31 bits per heavy atom. The van der Waals surface area contributed by atoms with Gasteiger partial charge in [0, 0.05) is 6.42 Å². The topological polar surface area (TPSA) is 26.3 Å². The number of benzene rings is 1. The fourth-order valence-electron chi connectivity index (χ4n) is 0.969. The average Bonchev–Trinajstić information content (AvgIpc) is 2.04. The molecule has 0 atom stereocenters. The third-order valence-corrected chi connectivity index (χ3v) is 1.91. The second kappa shape index (κ2) is 5.44. The molecule has 0 aliphatic carbocycles. The van der Waals surface area contributed by atoms with Crippen molar-refractivity contribution in [1.29, 1.82) is 0 Å². The van der Waals surface area contributed by atoms with Crippen molar-refractivity contribution in [1.82, 2.24) is 0 Å². The first-order valence-corrected chi connectivity index (χ1v) is 5.59. The number of hydrogen-bond acceptors (Lipinski definition) is 2. The Morgan fingerprint density at radius 3 is 2.92 bits per heavy atom. The Balaban J connectivity index is 2.73. The maximum Gasteiger partial charge on any atom is 0.226 e. The third-order valence-electron chi connectivity index (χ3n) is 1.46. The Labute approximate surface area is 95.4 Å². The number of carbonyl (C=O) groups is 1. The van der Waals surface area contributed by atoms with Crippen LogP contribution in [0.4, 0.5) is 0 Å². The van der Waals surface area contributed by atoms with E-state index >= 15 is 0 Å². The summed E-state index contributed by atoms with van der Waals surface area (Å²) < 4.78 is 5.85. The molecule has 70 valence electrons. The van der Waals surface area contributed by atoms with E-state index in [0.717, 1.165) is 11.3 Å². The van der Waals surface area contributed by atoms with Gasteiger partial charge in [0.2, 0.25) is 5.24 Å². The van der Waals surface area contributed by atoms with Gasteiger partial charge in [-0.05, 0) is 51.9 Å². The van der Waals surface area contributed by atoms with Crippen LogP contribution in [0.15, 0.2) is 24.3 Å². The van der Waals surface area contributed by atoms with Gasteiger partial charge in [-0.25, -0.2) is 0 Å². The summed E-state index contributed by atoms with van der Waals surface area (Å²) >= 11 is 7.37. The number of hydrogen-bond donors (Lipinski definition) is 0. The van der Waals surface area contributed by atoms with Gasteiger partial charge in [-0.1, -0.05) is 12.1 Å². The number of halogens is 2. The molecule has 0 fully saturated rings. The molecule has 0 heterocycles. The average molecular weight is 311 g/mol. The van der Waals surface area contributed by atoms with Crippen LogP contribution in [0.2, 0.25) is 0 Å². The van der Waals surface area contributed by atoms with Crippen LogP contribution < -0.4 is 4.74 Å². The van der Waals surface area contributed by atoms with Crippen molar-refractivity contribution in [3.05, 3.63) is 29.8 Å². The number of rotatable bonds is 4. The van der Waals surface area contributed by atoms with Crippen LogP contribution in [-0.4, -0.2) is 9.86 Å². The van der Waals surface area contributed by atoms with Crippen molar-refractivity contribution < 1.29 is 9.53 Å². The zero-order valence-corrected chi connectivity index (χ0v) is 9.71. The highest BCUT2D eigenvalue weighted by Crippen LogP contribution is 2.14. The molecule has 1 rings (SSSR count). The molecule has 2 nitrogen and oxygen atoms in total. The Morgan fingerprint density at radius 1 is 1.54 bits per heavy atom. The standard InChI is InChI=1S/C9H8ClIO2/c10-9(12)5-7-2-1-3-8(4-7)13-6-11/h1-4H,5-6H2. The minimum atomic E-state index is -0.355. The lowest BCUT2D eigenvalue weighted by molar-refractivity contribution is -0.111. The van der Waals surface area contributed by atoms with E-state index < -0.39 is 0 Å². The molecule has 0 aliphatic rings. The van der Waals surface area contributed by atoms with Crippen LogP contribution in [0.3, 0.4) is 0 Å². The first-order valence-electron chi connectivity index (χ1n) is 3.68. The maximum absolute atomic E-state index is 10.6. The van der Waals surface area contributed by atoms with Crippen molar-refractivity contribution in [3.63, 3.8) is 0 Å². The number of alkyl halides is 1. The zero-order chi connectivity index (χ0) is 9.68. The molecule has 0 aliphatic heterocycles. The Kier molecular flexibility index (Phi) is 4.52. The van der Waals surface area contributed by atoms with Crippen LogP contribution >= 0.6 is 34.2 Å². The van der Waals surface area contributed by atoms with Gasteiger partial charge in [-0.3, -0.25) is 4.79 Å². The molecule has 0 amide bonds. The van der Waals surface area contributed by atoms with Gasteiger partial charge in [0.25, 0.3) is 0 Å². The molecular formula is C9H8ClIO2. The summed E-state index contributed by atoms with van der Waals surface area (Å²) in [6.07, 6.45) is 0.250. The minimum absolute atomic E-state index is 0.250. The predicted octanol–water partition coefficient (Wildman–Crippen LogP) is 2.77. The zero-order valence-electron chi connectivity index (χ0n) is 6.80. The molecule has 0 N–H and O–H groups in total. The van der Waals surface area contributed by atoms with E-state index in [2.05, 4.69) is 22.6 Å². The molecular weight excluding hydrogens is 302 g/mol. The van der Waals surface area contributed by atoms with E-state index in [9.17, 15) is 4.79 Å². The van der Waals surface area contributed by atoms with E-state index in [1.807, 2.05) is 24.3 Å². The molecule has 1 aromatic rings. The van der Waals surface area contributed by atoms with Gasteiger partial charge < -0.3 is 4.74 Å². The minimum Gasteiger partial charge on any atom is -0.483 e. The van der Waals surface area contributed by atoms with E-state index in [0.29, 0.717) is 4.61 Å². The molecule has 0 saturated heterocycles. The van der Waals surface area contributed by atoms with Gasteiger partial charge in [-0.2, -0.15) is 0 Å². The lowest BCUT2D eigenvalue weighted by Crippen LogP contribution is -1.94. The highest BCUT2D eigenvalue weighted by molar-refractivity contribution is 14.1. The van der Waals surface area contributed by atoms with E-state index in [1.165, 1.54) is 0 Å². The quantitative estimate of drug-likeness (QED) is 0.486. The van der Waals surface area contributed by atoms with Gasteiger partial charge in [0.15, 0.2) is 0 Å².